The molecule has 1 N–H and O–H groups in total. The van der Waals surface area contributed by atoms with Crippen LogP contribution in [-0.2, 0) is 9.53 Å². The SMILES string of the molecule is CN1CCC2(CC1)NC(=O)N(CC1CCOCC1)C2=O. The number of rotatable bonds is 2. The number of nitrogens with zero attached hydrogens (tertiary/aromatic N) is 2. The molecule has 0 unspecified atom stereocenters. The van der Waals surface area contributed by atoms with E-state index in [1.165, 1.54) is 4.90 Å². The van der Waals surface area contributed by atoms with E-state index in [9.17, 15) is 9.59 Å². The molecule has 3 aliphatic rings. The van der Waals surface area contributed by atoms with Crippen molar-refractivity contribution in [1.29, 1.82) is 0 Å². The molecule has 3 heterocycles. The molecular weight excluding hydrogens is 258 g/mol. The van der Waals surface area contributed by atoms with E-state index in [0.29, 0.717) is 12.5 Å². The summed E-state index contributed by atoms with van der Waals surface area (Å²) in [6, 6.07) is -0.203. The number of ether oxygens (including phenoxy) is 1. The van der Waals surface area contributed by atoms with E-state index in [1.807, 2.05) is 7.05 Å². The third-order valence-electron chi connectivity index (χ3n) is 4.87. The number of urea groups is 1. The number of hydrogen-bond acceptors (Lipinski definition) is 4. The fourth-order valence-corrected chi connectivity index (χ4v) is 3.37. The number of likely N-dealkylation sites (tertiary alicyclic amines) is 1. The Hall–Kier alpha value is -1.14. The molecule has 112 valence electrons. The summed E-state index contributed by atoms with van der Waals surface area (Å²) in [5.41, 5.74) is -0.630. The van der Waals surface area contributed by atoms with Crippen LogP contribution in [0.25, 0.3) is 0 Å². The third kappa shape index (κ3) is 2.42. The van der Waals surface area contributed by atoms with Gasteiger partial charge in [0.2, 0.25) is 0 Å². The lowest BCUT2D eigenvalue weighted by molar-refractivity contribution is -0.133. The van der Waals surface area contributed by atoms with E-state index in [1.54, 1.807) is 0 Å². The molecule has 0 atom stereocenters. The standard InChI is InChI=1S/C14H23N3O3/c1-16-6-4-14(5-7-16)12(18)17(13(19)15-14)10-11-2-8-20-9-3-11/h11H,2-10H2,1H3,(H,15,19). The summed E-state index contributed by atoms with van der Waals surface area (Å²) in [6.07, 6.45) is 3.32. The highest BCUT2D eigenvalue weighted by atomic mass is 16.5. The van der Waals surface area contributed by atoms with Crippen LogP contribution in [0.2, 0.25) is 0 Å². The van der Waals surface area contributed by atoms with Crippen LogP contribution in [0.1, 0.15) is 25.7 Å². The molecular formula is C14H23N3O3. The Labute approximate surface area is 119 Å². The van der Waals surface area contributed by atoms with Gasteiger partial charge in [-0.2, -0.15) is 0 Å². The minimum absolute atomic E-state index is 0.0120. The average Bonchev–Trinajstić information content (AvgIpc) is 2.68. The zero-order chi connectivity index (χ0) is 14.2. The van der Waals surface area contributed by atoms with Gasteiger partial charge in [0, 0.05) is 32.8 Å². The number of piperidine rings is 1. The number of carbonyl (C=O) groups excluding carboxylic acids is 2. The van der Waals surface area contributed by atoms with Crippen LogP contribution in [0.4, 0.5) is 4.79 Å². The van der Waals surface area contributed by atoms with Crippen molar-refractivity contribution in [3.05, 3.63) is 0 Å². The molecule has 3 aliphatic heterocycles. The van der Waals surface area contributed by atoms with Gasteiger partial charge in [0.1, 0.15) is 5.54 Å². The summed E-state index contributed by atoms with van der Waals surface area (Å²) in [4.78, 5) is 28.5. The molecule has 0 radical (unpaired) electrons. The number of nitrogens with one attached hydrogen (secondary N) is 1. The largest absolute Gasteiger partial charge is 0.381 e. The van der Waals surface area contributed by atoms with Crippen LogP contribution in [0.15, 0.2) is 0 Å². The molecule has 3 fully saturated rings. The first-order chi connectivity index (χ1) is 9.61. The molecule has 0 aliphatic carbocycles. The van der Waals surface area contributed by atoms with Crippen molar-refractivity contribution in [3.63, 3.8) is 0 Å². The number of hydrogen-bond donors (Lipinski definition) is 1. The fourth-order valence-electron chi connectivity index (χ4n) is 3.37. The number of carbonyl (C=O) groups is 2. The van der Waals surface area contributed by atoms with Crippen molar-refractivity contribution in [2.24, 2.45) is 5.92 Å². The van der Waals surface area contributed by atoms with Crippen molar-refractivity contribution in [1.82, 2.24) is 15.1 Å². The molecule has 6 heteroatoms. The smallest absolute Gasteiger partial charge is 0.325 e. The maximum atomic E-state index is 12.7. The Balaban J connectivity index is 1.67. The van der Waals surface area contributed by atoms with Crippen LogP contribution in [0.5, 0.6) is 0 Å². The van der Waals surface area contributed by atoms with E-state index in [2.05, 4.69) is 10.2 Å². The first kappa shape index (κ1) is 13.8. The quantitative estimate of drug-likeness (QED) is 0.746. The van der Waals surface area contributed by atoms with Crippen molar-refractivity contribution in [3.8, 4) is 0 Å². The maximum Gasteiger partial charge on any atom is 0.325 e. The Morgan fingerprint density at radius 1 is 1.25 bits per heavy atom. The lowest BCUT2D eigenvalue weighted by Crippen LogP contribution is -2.54. The second kappa shape index (κ2) is 5.33. The number of imide groups is 1. The summed E-state index contributed by atoms with van der Waals surface area (Å²) in [6.45, 7) is 3.74. The predicted octanol–water partition coefficient (Wildman–Crippen LogP) is 0.429. The van der Waals surface area contributed by atoms with E-state index in [-0.39, 0.29) is 11.9 Å². The van der Waals surface area contributed by atoms with Crippen molar-refractivity contribution in [2.45, 2.75) is 31.2 Å². The molecule has 0 aromatic carbocycles. The van der Waals surface area contributed by atoms with Gasteiger partial charge in [-0.05, 0) is 38.6 Å². The van der Waals surface area contributed by atoms with E-state index in [4.69, 9.17) is 4.74 Å². The summed E-state index contributed by atoms with van der Waals surface area (Å²) in [5, 5.41) is 2.96. The monoisotopic (exact) mass is 281 g/mol. The van der Waals surface area contributed by atoms with Gasteiger partial charge >= 0.3 is 6.03 Å². The third-order valence-corrected chi connectivity index (χ3v) is 4.87. The zero-order valence-electron chi connectivity index (χ0n) is 12.1. The maximum absolute atomic E-state index is 12.7. The first-order valence-corrected chi connectivity index (χ1v) is 7.51. The van der Waals surface area contributed by atoms with E-state index in [0.717, 1.165) is 52.0 Å². The molecule has 0 aromatic rings. The van der Waals surface area contributed by atoms with Gasteiger partial charge in [-0.25, -0.2) is 4.79 Å². The summed E-state index contributed by atoms with van der Waals surface area (Å²) in [7, 11) is 2.05. The molecule has 3 saturated heterocycles. The highest BCUT2D eigenvalue weighted by Gasteiger charge is 2.52. The van der Waals surface area contributed by atoms with Gasteiger partial charge in [-0.15, -0.1) is 0 Å². The lowest BCUT2D eigenvalue weighted by atomic mass is 9.87. The van der Waals surface area contributed by atoms with Gasteiger partial charge in [0.15, 0.2) is 0 Å². The van der Waals surface area contributed by atoms with Crippen LogP contribution in [0, 0.1) is 5.92 Å². The Morgan fingerprint density at radius 3 is 2.55 bits per heavy atom. The second-order valence-corrected chi connectivity index (χ2v) is 6.29. The van der Waals surface area contributed by atoms with Gasteiger partial charge in [0.05, 0.1) is 0 Å². The number of amides is 3. The van der Waals surface area contributed by atoms with Crippen molar-refractivity contribution < 1.29 is 14.3 Å². The van der Waals surface area contributed by atoms with Crippen molar-refractivity contribution in [2.75, 3.05) is 39.9 Å². The van der Waals surface area contributed by atoms with Crippen molar-refractivity contribution >= 4 is 11.9 Å². The Morgan fingerprint density at radius 2 is 1.90 bits per heavy atom. The summed E-state index contributed by atoms with van der Waals surface area (Å²) >= 11 is 0. The Bertz CT molecular complexity index is 398. The van der Waals surface area contributed by atoms with Crippen LogP contribution in [-0.4, -0.2) is 67.2 Å². The topological polar surface area (TPSA) is 61.9 Å². The molecule has 0 bridgehead atoms. The summed E-state index contributed by atoms with van der Waals surface area (Å²) in [5.74, 6) is 0.377. The zero-order valence-corrected chi connectivity index (χ0v) is 12.1. The molecule has 3 amide bonds. The molecule has 0 saturated carbocycles. The lowest BCUT2D eigenvalue weighted by Gasteiger charge is -2.35. The van der Waals surface area contributed by atoms with E-state index >= 15 is 0 Å². The Kier molecular flexibility index (Phi) is 3.69. The molecule has 6 nitrogen and oxygen atoms in total. The first-order valence-electron chi connectivity index (χ1n) is 7.51. The van der Waals surface area contributed by atoms with Crippen LogP contribution < -0.4 is 5.32 Å². The van der Waals surface area contributed by atoms with Gasteiger partial charge in [-0.1, -0.05) is 0 Å². The molecule has 1 spiro atoms. The highest BCUT2D eigenvalue weighted by Crippen LogP contribution is 2.30. The fraction of sp³-hybridized carbons (Fsp3) is 0.857. The van der Waals surface area contributed by atoms with Gasteiger partial charge in [0.25, 0.3) is 5.91 Å². The van der Waals surface area contributed by atoms with Crippen LogP contribution >= 0.6 is 0 Å². The van der Waals surface area contributed by atoms with Crippen LogP contribution in [0.3, 0.4) is 0 Å². The normalized spacial score (nSPS) is 28.1. The summed E-state index contributed by atoms with van der Waals surface area (Å²) < 4.78 is 5.33. The highest BCUT2D eigenvalue weighted by molar-refractivity contribution is 6.07. The van der Waals surface area contributed by atoms with Gasteiger partial charge in [-0.3, -0.25) is 9.69 Å². The van der Waals surface area contributed by atoms with Gasteiger partial charge < -0.3 is 15.0 Å². The second-order valence-electron chi connectivity index (χ2n) is 6.29. The minimum Gasteiger partial charge on any atom is -0.381 e. The molecule has 20 heavy (non-hydrogen) atoms. The van der Waals surface area contributed by atoms with E-state index < -0.39 is 5.54 Å². The molecule has 3 rings (SSSR count). The minimum atomic E-state index is -0.630. The average molecular weight is 281 g/mol. The predicted molar refractivity (Wildman–Crippen MR) is 73.2 cm³/mol. The molecule has 0 aromatic heterocycles.